The van der Waals surface area contributed by atoms with Crippen molar-refractivity contribution in [2.75, 3.05) is 13.1 Å². The van der Waals surface area contributed by atoms with Gasteiger partial charge < -0.3 is 15.4 Å². The molecule has 0 saturated carbocycles. The highest BCUT2D eigenvalue weighted by Gasteiger charge is 2.32. The molecule has 1 aliphatic heterocycles. The Morgan fingerprint density at radius 2 is 1.86 bits per heavy atom. The van der Waals surface area contributed by atoms with Gasteiger partial charge in [-0.3, -0.25) is 0 Å². The fourth-order valence-electron chi connectivity index (χ4n) is 2.68. The van der Waals surface area contributed by atoms with Gasteiger partial charge in [0.05, 0.1) is 0 Å². The van der Waals surface area contributed by atoms with Crippen LogP contribution in [-0.2, 0) is 4.74 Å². The lowest BCUT2D eigenvalue weighted by molar-refractivity contribution is 0.0186. The molecule has 122 valence electrons. The number of nitrogens with zero attached hydrogens (tertiary/aromatic N) is 1. The van der Waals surface area contributed by atoms with Crippen LogP contribution < -0.4 is 5.73 Å². The fourth-order valence-corrected chi connectivity index (χ4v) is 2.68. The number of halogens is 2. The number of hydrogen-bond acceptors (Lipinski definition) is 3. The summed E-state index contributed by atoms with van der Waals surface area (Å²) < 4.78 is 32.0. The van der Waals surface area contributed by atoms with Crippen molar-refractivity contribution in [3.8, 4) is 0 Å². The highest BCUT2D eigenvalue weighted by Crippen LogP contribution is 2.29. The fraction of sp³-hybridized carbons (Fsp3) is 0.562. The molecule has 2 rings (SSSR count). The number of carbonyl (C=O) groups excluding carboxylic acids is 1. The first-order valence-electron chi connectivity index (χ1n) is 7.35. The van der Waals surface area contributed by atoms with Crippen LogP contribution in [0.4, 0.5) is 13.6 Å². The number of carbonyl (C=O) groups is 1. The third kappa shape index (κ3) is 4.16. The van der Waals surface area contributed by atoms with E-state index in [-0.39, 0.29) is 12.0 Å². The van der Waals surface area contributed by atoms with Gasteiger partial charge in [0.25, 0.3) is 0 Å². The third-order valence-electron chi connectivity index (χ3n) is 3.62. The Morgan fingerprint density at radius 1 is 1.27 bits per heavy atom. The summed E-state index contributed by atoms with van der Waals surface area (Å²) in [5.74, 6) is -1.41. The molecule has 22 heavy (non-hydrogen) atoms. The van der Waals surface area contributed by atoms with Crippen LogP contribution >= 0.6 is 0 Å². The number of benzene rings is 1. The van der Waals surface area contributed by atoms with Crippen molar-refractivity contribution in [1.82, 2.24) is 4.90 Å². The molecule has 0 aliphatic carbocycles. The quantitative estimate of drug-likeness (QED) is 0.867. The molecular formula is C16H22F2N2O2. The molecule has 1 aromatic rings. The van der Waals surface area contributed by atoms with E-state index >= 15 is 0 Å². The maximum absolute atomic E-state index is 13.3. The van der Waals surface area contributed by atoms with E-state index in [0.717, 1.165) is 6.07 Å². The number of amides is 1. The molecule has 1 fully saturated rings. The number of likely N-dealkylation sites (tertiary alicyclic amines) is 1. The van der Waals surface area contributed by atoms with Crippen molar-refractivity contribution in [2.24, 2.45) is 5.73 Å². The average Bonchev–Trinajstić information content (AvgIpc) is 2.35. The van der Waals surface area contributed by atoms with Gasteiger partial charge in [0, 0.05) is 31.1 Å². The lowest BCUT2D eigenvalue weighted by Gasteiger charge is -2.37. The standard InChI is InChI=1S/C16H22F2N2O2/c1-16(2,3)22-15(21)20-5-4-13(14(19)9-20)10-6-11(17)8-12(18)7-10/h6-8,13-14H,4-5,9,19H2,1-3H3. The molecule has 1 aromatic carbocycles. The highest BCUT2D eigenvalue weighted by molar-refractivity contribution is 5.68. The Kier molecular flexibility index (Phi) is 4.70. The molecule has 4 nitrogen and oxygen atoms in total. The number of rotatable bonds is 1. The summed E-state index contributed by atoms with van der Waals surface area (Å²) >= 11 is 0. The topological polar surface area (TPSA) is 55.6 Å². The minimum absolute atomic E-state index is 0.177. The van der Waals surface area contributed by atoms with Crippen molar-refractivity contribution in [3.05, 3.63) is 35.4 Å². The molecule has 0 radical (unpaired) electrons. The maximum Gasteiger partial charge on any atom is 0.410 e. The van der Waals surface area contributed by atoms with Gasteiger partial charge in [-0.15, -0.1) is 0 Å². The minimum Gasteiger partial charge on any atom is -0.444 e. The molecule has 1 amide bonds. The number of piperidine rings is 1. The van der Waals surface area contributed by atoms with Crippen LogP contribution in [0.5, 0.6) is 0 Å². The predicted octanol–water partition coefficient (Wildman–Crippen LogP) is 3.02. The summed E-state index contributed by atoms with van der Waals surface area (Å²) in [5, 5.41) is 0. The molecule has 2 atom stereocenters. The molecule has 0 aromatic heterocycles. The predicted molar refractivity (Wildman–Crippen MR) is 79.5 cm³/mol. The van der Waals surface area contributed by atoms with Gasteiger partial charge >= 0.3 is 6.09 Å². The molecule has 2 unspecified atom stereocenters. The molecule has 0 bridgehead atoms. The summed E-state index contributed by atoms with van der Waals surface area (Å²) in [6.07, 6.45) is 0.135. The molecule has 1 aliphatic rings. The third-order valence-corrected chi connectivity index (χ3v) is 3.62. The van der Waals surface area contributed by atoms with Gasteiger partial charge in [-0.05, 0) is 44.9 Å². The van der Waals surface area contributed by atoms with Gasteiger partial charge in [-0.25, -0.2) is 13.6 Å². The van der Waals surface area contributed by atoms with E-state index in [1.165, 1.54) is 12.1 Å². The van der Waals surface area contributed by atoms with Crippen LogP contribution in [0.3, 0.4) is 0 Å². The van der Waals surface area contributed by atoms with Crippen LogP contribution in [0, 0.1) is 11.6 Å². The van der Waals surface area contributed by atoms with Crippen molar-refractivity contribution in [1.29, 1.82) is 0 Å². The summed E-state index contributed by atoms with van der Waals surface area (Å²) in [6, 6.07) is 3.06. The van der Waals surface area contributed by atoms with Crippen molar-refractivity contribution in [2.45, 2.75) is 44.8 Å². The van der Waals surface area contributed by atoms with Gasteiger partial charge in [0.2, 0.25) is 0 Å². The van der Waals surface area contributed by atoms with Crippen LogP contribution in [0.15, 0.2) is 18.2 Å². The zero-order valence-electron chi connectivity index (χ0n) is 13.1. The Labute approximate surface area is 129 Å². The second kappa shape index (κ2) is 6.20. The zero-order chi connectivity index (χ0) is 16.5. The van der Waals surface area contributed by atoms with Crippen molar-refractivity contribution >= 4 is 6.09 Å². The average molecular weight is 312 g/mol. The monoisotopic (exact) mass is 312 g/mol. The largest absolute Gasteiger partial charge is 0.444 e. The van der Waals surface area contributed by atoms with Gasteiger partial charge in [0.15, 0.2) is 0 Å². The Hall–Kier alpha value is -1.69. The molecule has 1 heterocycles. The van der Waals surface area contributed by atoms with E-state index in [4.69, 9.17) is 10.5 Å². The number of hydrogen-bond donors (Lipinski definition) is 1. The molecular weight excluding hydrogens is 290 g/mol. The first kappa shape index (κ1) is 16.7. The van der Waals surface area contributed by atoms with Gasteiger partial charge in [0.1, 0.15) is 17.2 Å². The molecule has 2 N–H and O–H groups in total. The summed E-state index contributed by atoms with van der Waals surface area (Å²) in [7, 11) is 0. The van der Waals surface area contributed by atoms with Crippen LogP contribution in [0.2, 0.25) is 0 Å². The first-order valence-corrected chi connectivity index (χ1v) is 7.35. The summed E-state index contributed by atoms with van der Waals surface area (Å²) in [6.45, 7) is 6.15. The maximum atomic E-state index is 13.3. The van der Waals surface area contributed by atoms with E-state index < -0.39 is 23.3 Å². The Morgan fingerprint density at radius 3 is 2.36 bits per heavy atom. The second-order valence-electron chi connectivity index (χ2n) is 6.69. The van der Waals surface area contributed by atoms with E-state index in [2.05, 4.69) is 0 Å². The van der Waals surface area contributed by atoms with Crippen molar-refractivity contribution < 1.29 is 18.3 Å². The van der Waals surface area contributed by atoms with Crippen molar-refractivity contribution in [3.63, 3.8) is 0 Å². The zero-order valence-corrected chi connectivity index (χ0v) is 13.1. The van der Waals surface area contributed by atoms with Gasteiger partial charge in [-0.2, -0.15) is 0 Å². The van der Waals surface area contributed by atoms with E-state index in [1.54, 1.807) is 25.7 Å². The lowest BCUT2D eigenvalue weighted by atomic mass is 9.86. The Balaban J connectivity index is 2.05. The molecule has 1 saturated heterocycles. The Bertz CT molecular complexity index is 537. The lowest BCUT2D eigenvalue weighted by Crippen LogP contribution is -2.50. The first-order chi connectivity index (χ1) is 10.2. The van der Waals surface area contributed by atoms with Crippen LogP contribution in [0.1, 0.15) is 38.7 Å². The normalized spacial score (nSPS) is 22.5. The number of nitrogens with two attached hydrogens (primary N) is 1. The smallest absolute Gasteiger partial charge is 0.410 e. The number of ether oxygens (including phenoxy) is 1. The van der Waals surface area contributed by atoms with Crippen LogP contribution in [-0.4, -0.2) is 35.7 Å². The van der Waals surface area contributed by atoms with Gasteiger partial charge in [-0.1, -0.05) is 0 Å². The van der Waals surface area contributed by atoms with Crippen LogP contribution in [0.25, 0.3) is 0 Å². The van der Waals surface area contributed by atoms with E-state index in [1.807, 2.05) is 0 Å². The molecule has 0 spiro atoms. The minimum atomic E-state index is -0.614. The SMILES string of the molecule is CC(C)(C)OC(=O)N1CCC(c2cc(F)cc(F)c2)C(N)C1. The van der Waals surface area contributed by atoms with E-state index in [0.29, 0.717) is 25.1 Å². The summed E-state index contributed by atoms with van der Waals surface area (Å²) in [5.41, 5.74) is 6.08. The van der Waals surface area contributed by atoms with E-state index in [9.17, 15) is 13.6 Å². The highest BCUT2D eigenvalue weighted by atomic mass is 19.1. The second-order valence-corrected chi connectivity index (χ2v) is 6.69. The summed E-state index contributed by atoms with van der Waals surface area (Å²) in [4.78, 5) is 13.6. The molecule has 6 heteroatoms.